The van der Waals surface area contributed by atoms with Crippen LogP contribution >= 0.6 is 0 Å². The molecule has 0 spiro atoms. The number of hydrogen-bond acceptors (Lipinski definition) is 2. The predicted molar refractivity (Wildman–Crippen MR) is 59.8 cm³/mol. The van der Waals surface area contributed by atoms with E-state index in [1.54, 1.807) is 6.26 Å². The van der Waals surface area contributed by atoms with Crippen molar-refractivity contribution in [3.8, 4) is 0 Å². The van der Waals surface area contributed by atoms with Crippen LogP contribution in [0.1, 0.15) is 32.3 Å². The van der Waals surface area contributed by atoms with Crippen molar-refractivity contribution in [2.75, 3.05) is 6.26 Å². The van der Waals surface area contributed by atoms with Gasteiger partial charge in [-0.15, -0.1) is 0 Å². The minimum atomic E-state index is -0.972. The Labute approximate surface area is 88.2 Å². The van der Waals surface area contributed by atoms with Crippen LogP contribution in [0.3, 0.4) is 0 Å². The average Bonchev–Trinajstić information content (AvgIpc) is 2.16. The summed E-state index contributed by atoms with van der Waals surface area (Å²) in [6, 6.07) is 3.87. The van der Waals surface area contributed by atoms with Gasteiger partial charge in [0.2, 0.25) is 0 Å². The highest BCUT2D eigenvalue weighted by Crippen LogP contribution is 2.22. The van der Waals surface area contributed by atoms with Gasteiger partial charge in [0.25, 0.3) is 0 Å². The van der Waals surface area contributed by atoms with Gasteiger partial charge < -0.3 is 0 Å². The molecule has 0 bridgehead atoms. The van der Waals surface area contributed by atoms with E-state index in [-0.39, 0.29) is 0 Å². The summed E-state index contributed by atoms with van der Waals surface area (Å²) in [6.07, 6.45) is 3.48. The van der Waals surface area contributed by atoms with E-state index < -0.39 is 10.8 Å². The van der Waals surface area contributed by atoms with Crippen LogP contribution in [-0.2, 0) is 10.8 Å². The second-order valence-corrected chi connectivity index (χ2v) is 5.24. The molecule has 0 aliphatic heterocycles. The standard InChI is InChI=1S/C11H17NOS/c1-8(2)9(3)10-5-6-11(12-7-10)14(4)13/h5-9H,1-4H3. The third-order valence-corrected chi connectivity index (χ3v) is 3.41. The molecule has 14 heavy (non-hydrogen) atoms. The minimum absolute atomic E-state index is 0.502. The van der Waals surface area contributed by atoms with Crippen molar-refractivity contribution in [3.05, 3.63) is 23.9 Å². The van der Waals surface area contributed by atoms with E-state index in [0.29, 0.717) is 16.9 Å². The van der Waals surface area contributed by atoms with Gasteiger partial charge in [-0.25, -0.2) is 4.98 Å². The Balaban J connectivity index is 2.88. The molecule has 78 valence electrons. The maximum atomic E-state index is 11.1. The van der Waals surface area contributed by atoms with Crippen LogP contribution < -0.4 is 0 Å². The van der Waals surface area contributed by atoms with Crippen LogP contribution in [0.5, 0.6) is 0 Å². The molecule has 1 heterocycles. The largest absolute Gasteiger partial charge is 0.253 e. The fourth-order valence-corrected chi connectivity index (χ4v) is 1.68. The number of hydrogen-bond donors (Lipinski definition) is 0. The SMILES string of the molecule is CC(C)C(C)c1ccc(S(C)=O)nc1. The first-order chi connectivity index (χ1) is 6.52. The molecule has 3 heteroatoms. The van der Waals surface area contributed by atoms with Gasteiger partial charge in [-0.1, -0.05) is 26.8 Å². The molecule has 0 saturated heterocycles. The molecule has 0 fully saturated rings. The highest BCUT2D eigenvalue weighted by atomic mass is 32.2. The number of rotatable bonds is 3. The van der Waals surface area contributed by atoms with Crippen LogP contribution in [0.4, 0.5) is 0 Å². The molecule has 0 aliphatic rings. The normalized spacial score (nSPS) is 15.5. The maximum Gasteiger partial charge on any atom is 0.126 e. The number of aromatic nitrogens is 1. The Morgan fingerprint density at radius 3 is 2.29 bits per heavy atom. The van der Waals surface area contributed by atoms with E-state index in [4.69, 9.17) is 0 Å². The Morgan fingerprint density at radius 2 is 1.93 bits per heavy atom. The highest BCUT2D eigenvalue weighted by Gasteiger charge is 2.10. The fraction of sp³-hybridized carbons (Fsp3) is 0.545. The van der Waals surface area contributed by atoms with Gasteiger partial charge in [-0.2, -0.15) is 0 Å². The fourth-order valence-electron chi connectivity index (χ4n) is 1.22. The lowest BCUT2D eigenvalue weighted by atomic mass is 9.92. The van der Waals surface area contributed by atoms with Crippen molar-refractivity contribution in [3.63, 3.8) is 0 Å². The van der Waals surface area contributed by atoms with Crippen molar-refractivity contribution in [1.82, 2.24) is 4.98 Å². The smallest absolute Gasteiger partial charge is 0.126 e. The molecule has 0 N–H and O–H groups in total. The van der Waals surface area contributed by atoms with Crippen LogP contribution in [0, 0.1) is 5.92 Å². The predicted octanol–water partition coefficient (Wildman–Crippen LogP) is 2.58. The molecule has 0 saturated carbocycles. The first kappa shape index (κ1) is 11.4. The van der Waals surface area contributed by atoms with Gasteiger partial charge in [0.1, 0.15) is 5.03 Å². The summed E-state index contributed by atoms with van der Waals surface area (Å²) in [5.74, 6) is 1.11. The van der Waals surface area contributed by atoms with Gasteiger partial charge in [-0.3, -0.25) is 4.21 Å². The monoisotopic (exact) mass is 211 g/mol. The van der Waals surface area contributed by atoms with E-state index in [1.807, 2.05) is 18.3 Å². The third-order valence-electron chi connectivity index (χ3n) is 2.58. The summed E-state index contributed by atoms with van der Waals surface area (Å²) in [4.78, 5) is 4.18. The van der Waals surface area contributed by atoms with E-state index >= 15 is 0 Å². The molecule has 2 nitrogen and oxygen atoms in total. The molecule has 0 aliphatic carbocycles. The minimum Gasteiger partial charge on any atom is -0.253 e. The number of nitrogens with zero attached hydrogens (tertiary/aromatic N) is 1. The van der Waals surface area contributed by atoms with Crippen LogP contribution in [-0.4, -0.2) is 15.4 Å². The summed E-state index contributed by atoms with van der Waals surface area (Å²) in [5.41, 5.74) is 1.22. The summed E-state index contributed by atoms with van der Waals surface area (Å²) in [5, 5.41) is 0.657. The molecular formula is C11H17NOS. The second-order valence-electron chi connectivity index (χ2n) is 3.92. The first-order valence-corrected chi connectivity index (χ1v) is 6.37. The molecule has 2 atom stereocenters. The molecule has 1 aromatic rings. The molecule has 1 rings (SSSR count). The Kier molecular flexibility index (Phi) is 3.81. The van der Waals surface area contributed by atoms with Crippen molar-refractivity contribution in [1.29, 1.82) is 0 Å². The third kappa shape index (κ3) is 2.64. The molecular weight excluding hydrogens is 194 g/mol. The van der Waals surface area contributed by atoms with E-state index in [1.165, 1.54) is 5.56 Å². The lowest BCUT2D eigenvalue weighted by Gasteiger charge is -2.15. The van der Waals surface area contributed by atoms with Gasteiger partial charge in [0.05, 0.1) is 10.8 Å². The summed E-state index contributed by atoms with van der Waals surface area (Å²) >= 11 is 0. The van der Waals surface area contributed by atoms with Crippen LogP contribution in [0.25, 0.3) is 0 Å². The lowest BCUT2D eigenvalue weighted by molar-refractivity contribution is 0.533. The zero-order chi connectivity index (χ0) is 10.7. The zero-order valence-corrected chi connectivity index (χ0v) is 9.97. The van der Waals surface area contributed by atoms with E-state index in [9.17, 15) is 4.21 Å². The summed E-state index contributed by atoms with van der Waals surface area (Å²) in [7, 11) is -0.972. The van der Waals surface area contributed by atoms with Gasteiger partial charge >= 0.3 is 0 Å². The molecule has 0 radical (unpaired) electrons. The van der Waals surface area contributed by atoms with Gasteiger partial charge in [0.15, 0.2) is 0 Å². The summed E-state index contributed by atoms with van der Waals surface area (Å²) < 4.78 is 11.1. The molecule has 1 aromatic heterocycles. The van der Waals surface area contributed by atoms with Crippen molar-refractivity contribution < 1.29 is 4.21 Å². The maximum absolute atomic E-state index is 11.1. The van der Waals surface area contributed by atoms with Crippen molar-refractivity contribution in [2.24, 2.45) is 5.92 Å². The highest BCUT2D eigenvalue weighted by molar-refractivity contribution is 7.84. The first-order valence-electron chi connectivity index (χ1n) is 4.81. The van der Waals surface area contributed by atoms with Gasteiger partial charge in [0, 0.05) is 12.5 Å². The average molecular weight is 211 g/mol. The van der Waals surface area contributed by atoms with E-state index in [2.05, 4.69) is 25.8 Å². The lowest BCUT2D eigenvalue weighted by Crippen LogP contribution is -2.03. The van der Waals surface area contributed by atoms with Crippen molar-refractivity contribution >= 4 is 10.8 Å². The Hall–Kier alpha value is -0.700. The van der Waals surface area contributed by atoms with Crippen molar-refractivity contribution in [2.45, 2.75) is 31.7 Å². The molecule has 0 aromatic carbocycles. The van der Waals surface area contributed by atoms with Crippen LogP contribution in [0.2, 0.25) is 0 Å². The quantitative estimate of drug-likeness (QED) is 0.769. The summed E-state index contributed by atoms with van der Waals surface area (Å²) in [6.45, 7) is 6.57. The van der Waals surface area contributed by atoms with Crippen LogP contribution in [0.15, 0.2) is 23.4 Å². The Morgan fingerprint density at radius 1 is 1.29 bits per heavy atom. The molecule has 0 amide bonds. The number of pyridine rings is 1. The zero-order valence-electron chi connectivity index (χ0n) is 9.15. The van der Waals surface area contributed by atoms with E-state index in [0.717, 1.165) is 0 Å². The second kappa shape index (κ2) is 4.69. The topological polar surface area (TPSA) is 30.0 Å². The van der Waals surface area contributed by atoms with Gasteiger partial charge in [-0.05, 0) is 23.5 Å². The molecule has 2 unspecified atom stereocenters. The Bertz CT molecular complexity index is 319.